The molecule has 0 spiro atoms. The lowest BCUT2D eigenvalue weighted by atomic mass is 10.3. The summed E-state index contributed by atoms with van der Waals surface area (Å²) in [7, 11) is 0. The first-order valence-electron chi connectivity index (χ1n) is 2.80. The summed E-state index contributed by atoms with van der Waals surface area (Å²) in [6.07, 6.45) is 0.600. The Balaban J connectivity index is 3.51. The molecule has 0 saturated carbocycles. The van der Waals surface area contributed by atoms with Crippen molar-refractivity contribution in [1.82, 2.24) is 5.32 Å². The van der Waals surface area contributed by atoms with Gasteiger partial charge in [-0.2, -0.15) is 12.6 Å². The van der Waals surface area contributed by atoms with E-state index in [1.807, 2.05) is 0 Å². The Morgan fingerprint density at radius 1 is 1.80 bits per heavy atom. The highest BCUT2D eigenvalue weighted by molar-refractivity contribution is 7.80. The maximum absolute atomic E-state index is 10.7. The fourth-order valence-electron chi connectivity index (χ4n) is 0.356. The third-order valence-corrected chi connectivity index (χ3v) is 1.29. The zero-order valence-corrected chi connectivity index (χ0v) is 6.30. The molecule has 1 unspecified atom stereocenters. The number of nitrogens with two attached hydrogens (primary N) is 1. The molecule has 1 atom stereocenters. The van der Waals surface area contributed by atoms with E-state index in [-0.39, 0.29) is 18.2 Å². The Morgan fingerprint density at radius 3 is 2.80 bits per heavy atom. The molecular weight excluding hydrogens is 152 g/mol. The van der Waals surface area contributed by atoms with E-state index in [0.717, 1.165) is 0 Å². The minimum atomic E-state index is -0.622. The Labute approximate surface area is 64.6 Å². The summed E-state index contributed by atoms with van der Waals surface area (Å²) in [6.45, 7) is 0.0142. The van der Waals surface area contributed by atoms with Crippen LogP contribution in [0.2, 0.25) is 0 Å². The molecule has 0 aromatic heterocycles. The molecule has 0 bridgehead atoms. The van der Waals surface area contributed by atoms with Gasteiger partial charge >= 0.3 is 0 Å². The first kappa shape index (κ1) is 9.45. The lowest BCUT2D eigenvalue weighted by Gasteiger charge is -2.05. The molecule has 4 nitrogen and oxygen atoms in total. The molecule has 0 heterocycles. The Bertz CT molecular complexity index is 129. The molecule has 1 amide bonds. The minimum Gasteiger partial charge on any atom is -0.348 e. The van der Waals surface area contributed by atoms with Crippen LogP contribution in [0.1, 0.15) is 0 Å². The summed E-state index contributed by atoms with van der Waals surface area (Å²) < 4.78 is 0. The van der Waals surface area contributed by atoms with Crippen molar-refractivity contribution in [3.63, 3.8) is 0 Å². The van der Waals surface area contributed by atoms with Crippen LogP contribution >= 0.6 is 12.6 Å². The van der Waals surface area contributed by atoms with Crippen LogP contribution in [-0.4, -0.2) is 30.5 Å². The number of amides is 1. The largest absolute Gasteiger partial charge is 0.348 e. The average Bonchev–Trinajstić information content (AvgIpc) is 1.98. The van der Waals surface area contributed by atoms with Gasteiger partial charge in [0.15, 0.2) is 0 Å². The third-order valence-electron chi connectivity index (χ3n) is 0.893. The molecule has 3 N–H and O–H groups in total. The average molecular weight is 162 g/mol. The van der Waals surface area contributed by atoms with Gasteiger partial charge in [-0.15, -0.1) is 0 Å². The Hall–Kier alpha value is -0.550. The maximum Gasteiger partial charge on any atom is 0.238 e. The zero-order valence-electron chi connectivity index (χ0n) is 5.41. The molecule has 0 aliphatic heterocycles. The quantitative estimate of drug-likeness (QED) is 0.350. The predicted octanol–water partition coefficient (Wildman–Crippen LogP) is -1.44. The molecule has 0 aliphatic rings. The van der Waals surface area contributed by atoms with E-state index in [4.69, 9.17) is 5.73 Å². The zero-order chi connectivity index (χ0) is 7.98. The molecule has 58 valence electrons. The summed E-state index contributed by atoms with van der Waals surface area (Å²) in [5.41, 5.74) is 5.25. The second kappa shape index (κ2) is 5.25. The lowest BCUT2D eigenvalue weighted by molar-refractivity contribution is -0.123. The second-order valence-corrected chi connectivity index (χ2v) is 2.07. The monoisotopic (exact) mass is 162 g/mol. The van der Waals surface area contributed by atoms with E-state index in [0.29, 0.717) is 6.29 Å². The highest BCUT2D eigenvalue weighted by Crippen LogP contribution is 1.81. The highest BCUT2D eigenvalue weighted by atomic mass is 32.1. The van der Waals surface area contributed by atoms with Gasteiger partial charge in [-0.25, -0.2) is 0 Å². The summed E-state index contributed by atoms with van der Waals surface area (Å²) in [5, 5.41) is 2.30. The number of carbonyl (C=O) groups is 2. The number of aldehydes is 1. The van der Waals surface area contributed by atoms with E-state index in [9.17, 15) is 9.59 Å². The van der Waals surface area contributed by atoms with Gasteiger partial charge in [-0.05, 0) is 0 Å². The smallest absolute Gasteiger partial charge is 0.238 e. The molecule has 0 aromatic rings. The van der Waals surface area contributed by atoms with Gasteiger partial charge in [0.1, 0.15) is 6.29 Å². The molecule has 5 heteroatoms. The van der Waals surface area contributed by atoms with E-state index in [1.54, 1.807) is 0 Å². The van der Waals surface area contributed by atoms with Crippen molar-refractivity contribution < 1.29 is 9.59 Å². The molecule has 0 aliphatic carbocycles. The third kappa shape index (κ3) is 3.47. The van der Waals surface area contributed by atoms with Crippen LogP contribution < -0.4 is 11.1 Å². The van der Waals surface area contributed by atoms with Crippen molar-refractivity contribution in [2.75, 3.05) is 12.3 Å². The topological polar surface area (TPSA) is 72.2 Å². The summed E-state index contributed by atoms with van der Waals surface area (Å²) >= 11 is 3.80. The van der Waals surface area contributed by atoms with E-state index >= 15 is 0 Å². The van der Waals surface area contributed by atoms with Crippen molar-refractivity contribution in [3.05, 3.63) is 0 Å². The van der Waals surface area contributed by atoms with Crippen LogP contribution in [0.3, 0.4) is 0 Å². The Kier molecular flexibility index (Phi) is 4.96. The van der Waals surface area contributed by atoms with Crippen molar-refractivity contribution >= 4 is 24.8 Å². The molecular formula is C5H10N2O2S. The van der Waals surface area contributed by atoms with Crippen molar-refractivity contribution in [1.29, 1.82) is 0 Å². The normalized spacial score (nSPS) is 12.2. The Morgan fingerprint density at radius 2 is 2.40 bits per heavy atom. The standard InChI is InChI=1S/C5H10N2O2S/c6-4(3-10)5(9)7-1-2-8/h2,4,10H,1,3,6H2,(H,7,9). The molecule has 0 radical (unpaired) electrons. The first-order chi connectivity index (χ1) is 4.72. The van der Waals surface area contributed by atoms with Crippen LogP contribution in [0.15, 0.2) is 0 Å². The summed E-state index contributed by atoms with van der Waals surface area (Å²) in [6, 6.07) is -0.622. The van der Waals surface area contributed by atoms with E-state index in [1.165, 1.54) is 0 Å². The first-order valence-corrected chi connectivity index (χ1v) is 3.43. The van der Waals surface area contributed by atoms with Crippen LogP contribution in [0, 0.1) is 0 Å². The number of nitrogens with one attached hydrogen (secondary N) is 1. The van der Waals surface area contributed by atoms with Gasteiger partial charge in [0, 0.05) is 5.75 Å². The molecule has 0 saturated heterocycles. The minimum absolute atomic E-state index is 0.0142. The number of thiol groups is 1. The van der Waals surface area contributed by atoms with Crippen molar-refractivity contribution in [2.45, 2.75) is 6.04 Å². The van der Waals surface area contributed by atoms with Gasteiger partial charge in [0.2, 0.25) is 5.91 Å². The second-order valence-electron chi connectivity index (χ2n) is 1.70. The lowest BCUT2D eigenvalue weighted by Crippen LogP contribution is -2.42. The molecule has 10 heavy (non-hydrogen) atoms. The fourth-order valence-corrected chi connectivity index (χ4v) is 0.522. The molecule has 0 fully saturated rings. The fraction of sp³-hybridized carbons (Fsp3) is 0.600. The number of rotatable bonds is 4. The predicted molar refractivity (Wildman–Crippen MR) is 40.9 cm³/mol. The highest BCUT2D eigenvalue weighted by Gasteiger charge is 2.08. The summed E-state index contributed by atoms with van der Waals surface area (Å²) in [5.74, 6) is -0.0628. The van der Waals surface area contributed by atoms with Gasteiger partial charge in [0.25, 0.3) is 0 Å². The maximum atomic E-state index is 10.7. The number of hydrogen-bond donors (Lipinski definition) is 3. The van der Waals surface area contributed by atoms with Crippen LogP contribution in [0.4, 0.5) is 0 Å². The van der Waals surface area contributed by atoms with Gasteiger partial charge in [-0.3, -0.25) is 4.79 Å². The van der Waals surface area contributed by atoms with Crippen LogP contribution in [0.5, 0.6) is 0 Å². The van der Waals surface area contributed by atoms with Gasteiger partial charge in [0.05, 0.1) is 12.6 Å². The van der Waals surface area contributed by atoms with E-state index in [2.05, 4.69) is 17.9 Å². The van der Waals surface area contributed by atoms with Crippen LogP contribution in [-0.2, 0) is 9.59 Å². The SMILES string of the molecule is NC(CS)C(=O)NCC=O. The van der Waals surface area contributed by atoms with Crippen molar-refractivity contribution in [3.8, 4) is 0 Å². The van der Waals surface area contributed by atoms with Gasteiger partial charge < -0.3 is 15.8 Å². The molecule has 0 rings (SSSR count). The van der Waals surface area contributed by atoms with E-state index < -0.39 is 6.04 Å². The van der Waals surface area contributed by atoms with Gasteiger partial charge in [-0.1, -0.05) is 0 Å². The van der Waals surface area contributed by atoms with Crippen LogP contribution in [0.25, 0.3) is 0 Å². The number of hydrogen-bond acceptors (Lipinski definition) is 4. The molecule has 0 aromatic carbocycles. The summed E-state index contributed by atoms with van der Waals surface area (Å²) in [4.78, 5) is 20.4. The van der Waals surface area contributed by atoms with Crippen molar-refractivity contribution in [2.24, 2.45) is 5.73 Å². The number of carbonyl (C=O) groups excluding carboxylic acids is 2.